The zero-order valence-corrected chi connectivity index (χ0v) is 26.2. The Morgan fingerprint density at radius 1 is 0.902 bits per heavy atom. The van der Waals surface area contributed by atoms with Crippen LogP contribution >= 0.6 is 11.6 Å². The van der Waals surface area contributed by atoms with E-state index in [-0.39, 0.29) is 23.4 Å². The summed E-state index contributed by atoms with van der Waals surface area (Å²) in [5, 5.41) is 3.45. The smallest absolute Gasteiger partial charge is 0.264 e. The summed E-state index contributed by atoms with van der Waals surface area (Å²) in [7, 11) is -4.15. The number of halogens is 1. The Bertz CT molecular complexity index is 1470. The van der Waals surface area contributed by atoms with Crippen molar-refractivity contribution < 1.29 is 18.0 Å². The van der Waals surface area contributed by atoms with E-state index < -0.39 is 28.5 Å². The van der Waals surface area contributed by atoms with Crippen LogP contribution in [-0.2, 0) is 26.2 Å². The molecule has 1 N–H and O–H groups in total. The number of carbonyl (C=O) groups is 2. The van der Waals surface area contributed by atoms with Crippen molar-refractivity contribution in [3.05, 3.63) is 94.0 Å². The fourth-order valence-electron chi connectivity index (χ4n) is 4.62. The first-order chi connectivity index (χ1) is 19.4. The number of hydrogen-bond acceptors (Lipinski definition) is 4. The number of aryl methyl sites for hydroxylation is 3. The molecule has 0 unspecified atom stereocenters. The van der Waals surface area contributed by atoms with Gasteiger partial charge in [0.25, 0.3) is 10.0 Å². The quantitative estimate of drug-likeness (QED) is 0.270. The lowest BCUT2D eigenvalue weighted by atomic mass is 10.1. The van der Waals surface area contributed by atoms with Crippen LogP contribution < -0.4 is 9.62 Å². The van der Waals surface area contributed by atoms with Crippen LogP contribution in [0.25, 0.3) is 0 Å². The van der Waals surface area contributed by atoms with Crippen LogP contribution in [0.4, 0.5) is 5.69 Å². The van der Waals surface area contributed by atoms with Crippen LogP contribution in [0.15, 0.2) is 71.6 Å². The highest BCUT2D eigenvalue weighted by molar-refractivity contribution is 7.92. The molecule has 3 aromatic rings. The van der Waals surface area contributed by atoms with Gasteiger partial charge in [0.2, 0.25) is 11.8 Å². The Balaban J connectivity index is 2.10. The average molecular weight is 598 g/mol. The van der Waals surface area contributed by atoms with Crippen LogP contribution in [-0.4, -0.2) is 43.8 Å². The zero-order valence-electron chi connectivity index (χ0n) is 24.6. The number of carbonyl (C=O) groups excluding carboxylic acids is 2. The largest absolute Gasteiger partial charge is 0.352 e. The van der Waals surface area contributed by atoms with Crippen molar-refractivity contribution in [2.24, 2.45) is 0 Å². The van der Waals surface area contributed by atoms with E-state index in [1.165, 1.54) is 17.0 Å². The molecule has 2 atom stereocenters. The molecule has 3 rings (SSSR count). The summed E-state index contributed by atoms with van der Waals surface area (Å²) in [6.45, 7) is 11.0. The standard InChI is InChI=1S/C32H40ClN3O4S/c1-7-25(6)34-32(38)29(8-2)35(20-26-11-9-10-23(4)18-26)31(37)21-36(30-17-14-27(33)19-24(30)5)41(39,40)28-15-12-22(3)13-16-28/h9-19,25,29H,7-8,20-21H2,1-6H3,(H,34,38)/t25-,29+/m1/s1. The summed E-state index contributed by atoms with van der Waals surface area (Å²) in [6, 6.07) is 18.3. The maximum Gasteiger partial charge on any atom is 0.264 e. The van der Waals surface area contributed by atoms with Crippen molar-refractivity contribution in [2.45, 2.75) is 77.9 Å². The molecule has 0 aromatic heterocycles. The number of amides is 2. The zero-order chi connectivity index (χ0) is 30.3. The van der Waals surface area contributed by atoms with Gasteiger partial charge in [-0.25, -0.2) is 8.42 Å². The second kappa shape index (κ2) is 14.0. The molecular formula is C32H40ClN3O4S. The highest BCUT2D eigenvalue weighted by Crippen LogP contribution is 2.29. The molecule has 2 amide bonds. The van der Waals surface area contributed by atoms with E-state index in [0.29, 0.717) is 22.7 Å². The third-order valence-electron chi connectivity index (χ3n) is 7.14. The van der Waals surface area contributed by atoms with Crippen molar-refractivity contribution in [3.63, 3.8) is 0 Å². The van der Waals surface area contributed by atoms with Gasteiger partial charge < -0.3 is 10.2 Å². The summed E-state index contributed by atoms with van der Waals surface area (Å²) in [5.41, 5.74) is 3.73. The molecule has 0 aliphatic carbocycles. The van der Waals surface area contributed by atoms with Gasteiger partial charge in [0.05, 0.1) is 10.6 Å². The molecule has 220 valence electrons. The average Bonchev–Trinajstić information content (AvgIpc) is 2.92. The Kier molecular flexibility index (Phi) is 11.0. The predicted octanol–water partition coefficient (Wildman–Crippen LogP) is 6.18. The lowest BCUT2D eigenvalue weighted by Crippen LogP contribution is -2.53. The number of rotatable bonds is 12. The summed E-state index contributed by atoms with van der Waals surface area (Å²) in [4.78, 5) is 29.2. The molecule has 0 radical (unpaired) electrons. The fourth-order valence-corrected chi connectivity index (χ4v) is 6.32. The number of anilines is 1. The van der Waals surface area contributed by atoms with E-state index in [2.05, 4.69) is 5.32 Å². The molecule has 3 aromatic carbocycles. The Morgan fingerprint density at radius 3 is 2.17 bits per heavy atom. The lowest BCUT2D eigenvalue weighted by Gasteiger charge is -2.34. The van der Waals surface area contributed by atoms with E-state index in [9.17, 15) is 18.0 Å². The molecule has 0 aliphatic heterocycles. The van der Waals surface area contributed by atoms with Gasteiger partial charge in [-0.1, -0.05) is 73.0 Å². The topological polar surface area (TPSA) is 86.8 Å². The lowest BCUT2D eigenvalue weighted by molar-refractivity contribution is -0.140. The van der Waals surface area contributed by atoms with Crippen LogP contribution in [0.5, 0.6) is 0 Å². The Morgan fingerprint density at radius 2 is 1.59 bits per heavy atom. The Hall–Kier alpha value is -3.36. The van der Waals surface area contributed by atoms with Gasteiger partial charge in [-0.2, -0.15) is 0 Å². The summed E-state index contributed by atoms with van der Waals surface area (Å²) >= 11 is 6.19. The van der Waals surface area contributed by atoms with E-state index in [4.69, 9.17) is 11.6 Å². The molecule has 9 heteroatoms. The van der Waals surface area contributed by atoms with Gasteiger partial charge in [0, 0.05) is 17.6 Å². The molecule has 0 saturated carbocycles. The van der Waals surface area contributed by atoms with E-state index in [1.54, 1.807) is 37.3 Å². The van der Waals surface area contributed by atoms with E-state index in [1.807, 2.05) is 58.9 Å². The maximum absolute atomic E-state index is 14.2. The molecule has 0 aliphatic rings. The predicted molar refractivity (Wildman–Crippen MR) is 166 cm³/mol. The minimum atomic E-state index is -4.15. The van der Waals surface area contributed by atoms with Gasteiger partial charge in [-0.3, -0.25) is 13.9 Å². The van der Waals surface area contributed by atoms with Crippen molar-refractivity contribution in [1.82, 2.24) is 10.2 Å². The SMILES string of the molecule is CC[C@@H](C)NC(=O)[C@H](CC)N(Cc1cccc(C)c1)C(=O)CN(c1ccc(Cl)cc1C)S(=O)(=O)c1ccc(C)cc1. The highest BCUT2D eigenvalue weighted by Gasteiger charge is 2.34. The summed E-state index contributed by atoms with van der Waals surface area (Å²) in [6.07, 6.45) is 1.11. The summed E-state index contributed by atoms with van der Waals surface area (Å²) in [5.74, 6) is -0.749. The number of hydrogen-bond donors (Lipinski definition) is 1. The van der Waals surface area contributed by atoms with E-state index in [0.717, 1.165) is 27.4 Å². The van der Waals surface area contributed by atoms with Gasteiger partial charge >= 0.3 is 0 Å². The normalized spacial score (nSPS) is 12.9. The van der Waals surface area contributed by atoms with Crippen LogP contribution in [0.2, 0.25) is 5.02 Å². The van der Waals surface area contributed by atoms with E-state index >= 15 is 0 Å². The first kappa shape index (κ1) is 32.2. The van der Waals surface area contributed by atoms with Gasteiger partial charge in [0.1, 0.15) is 12.6 Å². The van der Waals surface area contributed by atoms with Gasteiger partial charge in [-0.15, -0.1) is 0 Å². The molecule has 0 spiro atoms. The number of benzene rings is 3. The fraction of sp³-hybridized carbons (Fsp3) is 0.375. The van der Waals surface area contributed by atoms with Crippen LogP contribution in [0, 0.1) is 20.8 Å². The second-order valence-electron chi connectivity index (χ2n) is 10.5. The van der Waals surface area contributed by atoms with Crippen LogP contribution in [0.3, 0.4) is 0 Å². The second-order valence-corrected chi connectivity index (χ2v) is 12.8. The third-order valence-corrected chi connectivity index (χ3v) is 9.15. The van der Waals surface area contributed by atoms with Crippen molar-refractivity contribution in [2.75, 3.05) is 10.8 Å². The molecule has 41 heavy (non-hydrogen) atoms. The molecule has 0 saturated heterocycles. The Labute approximate surface area is 249 Å². The molecule has 0 heterocycles. The first-order valence-electron chi connectivity index (χ1n) is 13.9. The molecule has 7 nitrogen and oxygen atoms in total. The van der Waals surface area contributed by atoms with Gasteiger partial charge in [-0.05, 0) is 82.0 Å². The third kappa shape index (κ3) is 8.11. The monoisotopic (exact) mass is 597 g/mol. The number of nitrogens with zero attached hydrogens (tertiary/aromatic N) is 2. The van der Waals surface area contributed by atoms with Crippen molar-refractivity contribution >= 4 is 39.1 Å². The molecular weight excluding hydrogens is 558 g/mol. The minimum Gasteiger partial charge on any atom is -0.352 e. The number of sulfonamides is 1. The highest BCUT2D eigenvalue weighted by atomic mass is 35.5. The minimum absolute atomic E-state index is 0.0667. The van der Waals surface area contributed by atoms with Crippen LogP contribution in [0.1, 0.15) is 55.9 Å². The van der Waals surface area contributed by atoms with Crippen molar-refractivity contribution in [1.29, 1.82) is 0 Å². The first-order valence-corrected chi connectivity index (χ1v) is 15.7. The maximum atomic E-state index is 14.2. The summed E-state index contributed by atoms with van der Waals surface area (Å²) < 4.78 is 29.2. The molecule has 0 bridgehead atoms. The van der Waals surface area contributed by atoms with Gasteiger partial charge in [0.15, 0.2) is 0 Å². The molecule has 0 fully saturated rings. The number of nitrogens with one attached hydrogen (secondary N) is 1. The van der Waals surface area contributed by atoms with Crippen molar-refractivity contribution in [3.8, 4) is 0 Å².